The molecule has 3 aromatic carbocycles. The van der Waals surface area contributed by atoms with Crippen LogP contribution in [0.1, 0.15) is 65.4 Å². The minimum absolute atomic E-state index is 0.0600. The Hall–Kier alpha value is -3.91. The van der Waals surface area contributed by atoms with E-state index in [4.69, 9.17) is 9.51 Å². The molecule has 3 heterocycles. The van der Waals surface area contributed by atoms with Crippen LogP contribution in [0.4, 0.5) is 11.4 Å². The van der Waals surface area contributed by atoms with Gasteiger partial charge in [-0.1, -0.05) is 48.0 Å². The lowest BCUT2D eigenvalue weighted by atomic mass is 10.1. The minimum Gasteiger partial charge on any atom is -0.339 e. The highest BCUT2D eigenvalue weighted by atomic mass is 32.2. The first-order valence-corrected chi connectivity index (χ1v) is 14.7. The highest BCUT2D eigenvalue weighted by molar-refractivity contribution is 7.99. The molecule has 1 saturated carbocycles. The van der Waals surface area contributed by atoms with Crippen LogP contribution in [-0.4, -0.2) is 34.5 Å². The Balaban J connectivity index is 1.19. The maximum Gasteiger partial charge on any atom is 0.259 e. The molecule has 2 fully saturated rings. The molecule has 0 unspecified atom stereocenters. The minimum atomic E-state index is -0.159. The van der Waals surface area contributed by atoms with Crippen LogP contribution in [0.2, 0.25) is 0 Å². The van der Waals surface area contributed by atoms with Crippen LogP contribution in [0.15, 0.2) is 75.0 Å². The molecule has 1 saturated heterocycles. The van der Waals surface area contributed by atoms with Crippen LogP contribution in [0.3, 0.4) is 0 Å². The SMILES string of the molecule is Cc1ccc(N2C[C@@H](c3nc(-c4ccc5c(c4)Sc4ccccc4C(=O)N5C4CCCC4)no3)CC2=O)cc1C. The molecule has 0 bridgehead atoms. The first-order chi connectivity index (χ1) is 19.5. The number of anilines is 2. The van der Waals surface area contributed by atoms with Crippen molar-refractivity contribution in [1.82, 2.24) is 10.1 Å². The van der Waals surface area contributed by atoms with Crippen molar-refractivity contribution in [3.63, 3.8) is 0 Å². The maximum absolute atomic E-state index is 13.7. The molecule has 2 aliphatic heterocycles. The summed E-state index contributed by atoms with van der Waals surface area (Å²) in [6.07, 6.45) is 4.67. The summed E-state index contributed by atoms with van der Waals surface area (Å²) in [5, 5.41) is 4.30. The lowest BCUT2D eigenvalue weighted by molar-refractivity contribution is -0.117. The van der Waals surface area contributed by atoms with Gasteiger partial charge in [-0.05, 0) is 80.3 Å². The molecule has 0 N–H and O–H groups in total. The van der Waals surface area contributed by atoms with E-state index in [9.17, 15) is 9.59 Å². The fraction of sp³-hybridized carbons (Fsp3) is 0.312. The third kappa shape index (κ3) is 4.31. The molecule has 1 atom stereocenters. The zero-order chi connectivity index (χ0) is 27.4. The fourth-order valence-corrected chi connectivity index (χ4v) is 7.19. The molecule has 202 valence electrons. The lowest BCUT2D eigenvalue weighted by Gasteiger charge is -2.29. The second kappa shape index (κ2) is 9.93. The molecule has 0 spiro atoms. The Morgan fingerprint density at radius 1 is 0.925 bits per heavy atom. The molecule has 4 aromatic rings. The second-order valence-electron chi connectivity index (χ2n) is 11.0. The molecule has 1 aromatic heterocycles. The van der Waals surface area contributed by atoms with E-state index in [1.807, 2.05) is 58.3 Å². The predicted octanol–water partition coefficient (Wildman–Crippen LogP) is 6.93. The summed E-state index contributed by atoms with van der Waals surface area (Å²) in [5.74, 6) is 0.942. The van der Waals surface area contributed by atoms with Crippen LogP contribution in [0.25, 0.3) is 11.4 Å². The topological polar surface area (TPSA) is 79.5 Å². The molecular formula is C32H30N4O3S. The first-order valence-electron chi connectivity index (χ1n) is 13.9. The quantitative estimate of drug-likeness (QED) is 0.274. The Labute approximate surface area is 237 Å². The predicted molar refractivity (Wildman–Crippen MR) is 155 cm³/mol. The van der Waals surface area contributed by atoms with Crippen molar-refractivity contribution in [3.8, 4) is 11.4 Å². The van der Waals surface area contributed by atoms with Gasteiger partial charge in [0.05, 0.1) is 17.2 Å². The third-order valence-corrected chi connectivity index (χ3v) is 9.56. The number of carbonyl (C=O) groups excluding carboxylic acids is 2. The van der Waals surface area contributed by atoms with Gasteiger partial charge in [0.25, 0.3) is 5.91 Å². The van der Waals surface area contributed by atoms with E-state index in [-0.39, 0.29) is 23.8 Å². The van der Waals surface area contributed by atoms with Crippen molar-refractivity contribution in [2.75, 3.05) is 16.3 Å². The lowest BCUT2D eigenvalue weighted by Crippen LogP contribution is -2.39. The van der Waals surface area contributed by atoms with E-state index in [1.54, 1.807) is 11.8 Å². The molecule has 7 rings (SSSR count). The molecule has 1 aliphatic carbocycles. The molecule has 8 heteroatoms. The van der Waals surface area contributed by atoms with Crippen molar-refractivity contribution < 1.29 is 14.1 Å². The van der Waals surface area contributed by atoms with E-state index < -0.39 is 0 Å². The standard InChI is InChI=1S/C32H30N4O3S/c1-19-11-13-24(15-20(19)2)35-18-22(17-29(35)37)31-33-30(34-39-31)21-12-14-26-28(16-21)40-27-10-6-5-9-25(27)32(38)36(26)23-7-3-4-8-23/h5-6,9-16,22-23H,3-4,7-8,17-18H2,1-2H3/t22-/m0/s1. The van der Waals surface area contributed by atoms with E-state index in [0.29, 0.717) is 24.7 Å². The Kier molecular flexibility index (Phi) is 6.23. The van der Waals surface area contributed by atoms with Gasteiger partial charge in [0.2, 0.25) is 17.6 Å². The number of amides is 2. The summed E-state index contributed by atoms with van der Waals surface area (Å²) in [5.41, 5.74) is 5.78. The number of rotatable bonds is 4. The average molecular weight is 551 g/mol. The number of aryl methyl sites for hydroxylation is 2. The van der Waals surface area contributed by atoms with E-state index in [1.165, 1.54) is 5.56 Å². The molecular weight excluding hydrogens is 520 g/mol. The van der Waals surface area contributed by atoms with Gasteiger partial charge in [-0.2, -0.15) is 4.98 Å². The Morgan fingerprint density at radius 3 is 2.58 bits per heavy atom. The zero-order valence-electron chi connectivity index (χ0n) is 22.6. The number of hydrogen-bond acceptors (Lipinski definition) is 6. The fourth-order valence-electron chi connectivity index (χ4n) is 6.08. The van der Waals surface area contributed by atoms with Crippen molar-refractivity contribution >= 4 is 35.0 Å². The van der Waals surface area contributed by atoms with Gasteiger partial charge in [-0.15, -0.1) is 0 Å². The van der Waals surface area contributed by atoms with Crippen molar-refractivity contribution in [2.24, 2.45) is 0 Å². The third-order valence-electron chi connectivity index (χ3n) is 8.44. The number of hydrogen-bond donors (Lipinski definition) is 0. The Morgan fingerprint density at radius 2 is 1.75 bits per heavy atom. The van der Waals surface area contributed by atoms with Crippen LogP contribution >= 0.6 is 11.8 Å². The van der Waals surface area contributed by atoms with Gasteiger partial charge in [0.1, 0.15) is 0 Å². The maximum atomic E-state index is 13.7. The van der Waals surface area contributed by atoms with E-state index >= 15 is 0 Å². The molecule has 0 radical (unpaired) electrons. The summed E-state index contributed by atoms with van der Waals surface area (Å²) in [4.78, 5) is 37.1. The van der Waals surface area contributed by atoms with Crippen molar-refractivity contribution in [3.05, 3.63) is 83.2 Å². The van der Waals surface area contributed by atoms with Crippen molar-refractivity contribution in [2.45, 2.75) is 67.7 Å². The summed E-state index contributed by atoms with van der Waals surface area (Å²) >= 11 is 1.61. The van der Waals surface area contributed by atoms with Gasteiger partial charge in [0, 0.05) is 40.0 Å². The van der Waals surface area contributed by atoms with Crippen LogP contribution in [-0.2, 0) is 4.79 Å². The Bertz CT molecular complexity index is 1640. The van der Waals surface area contributed by atoms with Gasteiger partial charge in [-0.3, -0.25) is 9.59 Å². The summed E-state index contributed by atoms with van der Waals surface area (Å²) < 4.78 is 5.71. The number of fused-ring (bicyclic) bond motifs is 2. The van der Waals surface area contributed by atoms with Crippen LogP contribution in [0, 0.1) is 13.8 Å². The summed E-state index contributed by atoms with van der Waals surface area (Å²) in [6.45, 7) is 4.64. The number of aromatic nitrogens is 2. The normalized spacial score (nSPS) is 19.2. The van der Waals surface area contributed by atoms with Crippen LogP contribution in [0.5, 0.6) is 0 Å². The smallest absolute Gasteiger partial charge is 0.259 e. The van der Waals surface area contributed by atoms with Gasteiger partial charge < -0.3 is 14.3 Å². The van der Waals surface area contributed by atoms with Gasteiger partial charge in [-0.25, -0.2) is 0 Å². The van der Waals surface area contributed by atoms with Gasteiger partial charge >= 0.3 is 0 Å². The highest BCUT2D eigenvalue weighted by Gasteiger charge is 2.36. The number of nitrogens with zero attached hydrogens (tertiary/aromatic N) is 4. The summed E-state index contributed by atoms with van der Waals surface area (Å²) in [7, 11) is 0. The molecule has 3 aliphatic rings. The second-order valence-corrected chi connectivity index (χ2v) is 12.1. The first kappa shape index (κ1) is 25.1. The molecule has 2 amide bonds. The molecule has 40 heavy (non-hydrogen) atoms. The van der Waals surface area contributed by atoms with E-state index in [0.717, 1.165) is 63.5 Å². The highest BCUT2D eigenvalue weighted by Crippen LogP contribution is 2.45. The zero-order valence-corrected chi connectivity index (χ0v) is 23.4. The summed E-state index contributed by atoms with van der Waals surface area (Å²) in [6, 6.07) is 20.2. The van der Waals surface area contributed by atoms with E-state index in [2.05, 4.69) is 31.1 Å². The largest absolute Gasteiger partial charge is 0.339 e. The molecule has 7 nitrogen and oxygen atoms in total. The number of carbonyl (C=O) groups is 2. The average Bonchev–Trinajstić information content (AvgIpc) is 3.72. The van der Waals surface area contributed by atoms with Crippen LogP contribution < -0.4 is 9.80 Å². The van der Waals surface area contributed by atoms with Gasteiger partial charge in [0.15, 0.2) is 0 Å². The monoisotopic (exact) mass is 550 g/mol. The number of benzene rings is 3. The van der Waals surface area contributed by atoms with Crippen molar-refractivity contribution in [1.29, 1.82) is 0 Å².